The first kappa shape index (κ1) is 16.4. The summed E-state index contributed by atoms with van der Waals surface area (Å²) in [5.41, 5.74) is 0. The molecule has 0 bridgehead atoms. The van der Waals surface area contributed by atoms with Crippen molar-refractivity contribution in [1.82, 2.24) is 0 Å². The van der Waals surface area contributed by atoms with Gasteiger partial charge in [0.15, 0.2) is 6.10 Å². The van der Waals surface area contributed by atoms with Crippen molar-refractivity contribution in [2.24, 2.45) is 0 Å². The second-order valence-corrected chi connectivity index (χ2v) is 4.71. The average molecular weight is 246 g/mol. The highest BCUT2D eigenvalue weighted by molar-refractivity contribution is 5.72. The summed E-state index contributed by atoms with van der Waals surface area (Å²) in [6.07, 6.45) is 4.06. The Bertz CT molecular complexity index is 204. The van der Waals surface area contributed by atoms with E-state index in [9.17, 15) is 9.90 Å². The van der Waals surface area contributed by atoms with Crippen molar-refractivity contribution in [3.05, 3.63) is 0 Å². The SMILES string of the molecule is CCCCCCCC(OC(C)C)C(O)C(=O)O. The Balaban J connectivity index is 3.97. The second kappa shape index (κ2) is 9.42. The molecule has 0 aliphatic rings. The minimum Gasteiger partial charge on any atom is -0.479 e. The Morgan fingerprint density at radius 2 is 1.76 bits per heavy atom. The molecular weight excluding hydrogens is 220 g/mol. The van der Waals surface area contributed by atoms with Crippen LogP contribution in [0, 0.1) is 0 Å². The van der Waals surface area contributed by atoms with Crippen LogP contribution in [-0.2, 0) is 9.53 Å². The van der Waals surface area contributed by atoms with Gasteiger partial charge in [0, 0.05) is 0 Å². The summed E-state index contributed by atoms with van der Waals surface area (Å²) >= 11 is 0. The van der Waals surface area contributed by atoms with Crippen LogP contribution in [-0.4, -0.2) is 34.5 Å². The van der Waals surface area contributed by atoms with Crippen molar-refractivity contribution >= 4 is 5.97 Å². The van der Waals surface area contributed by atoms with E-state index in [0.29, 0.717) is 6.42 Å². The van der Waals surface area contributed by atoms with Crippen LogP contribution in [0.1, 0.15) is 59.3 Å². The highest BCUT2D eigenvalue weighted by atomic mass is 16.5. The van der Waals surface area contributed by atoms with E-state index in [-0.39, 0.29) is 6.10 Å². The van der Waals surface area contributed by atoms with Crippen molar-refractivity contribution in [2.45, 2.75) is 77.6 Å². The highest BCUT2D eigenvalue weighted by Crippen LogP contribution is 2.14. The average Bonchev–Trinajstić information content (AvgIpc) is 2.25. The van der Waals surface area contributed by atoms with Crippen LogP contribution in [0.15, 0.2) is 0 Å². The quantitative estimate of drug-likeness (QED) is 0.581. The predicted octanol–water partition coefficient (Wildman–Crippen LogP) is 2.59. The number of aliphatic hydroxyl groups excluding tert-OH is 1. The molecule has 4 nitrogen and oxygen atoms in total. The van der Waals surface area contributed by atoms with Gasteiger partial charge in [-0.15, -0.1) is 0 Å². The Morgan fingerprint density at radius 1 is 1.18 bits per heavy atom. The lowest BCUT2D eigenvalue weighted by Crippen LogP contribution is -2.37. The maximum atomic E-state index is 10.7. The summed E-state index contributed by atoms with van der Waals surface area (Å²) in [6, 6.07) is 0. The first-order valence-corrected chi connectivity index (χ1v) is 6.55. The number of unbranched alkanes of at least 4 members (excludes halogenated alkanes) is 4. The minimum atomic E-state index is -1.41. The normalized spacial score (nSPS) is 14.9. The van der Waals surface area contributed by atoms with Gasteiger partial charge < -0.3 is 14.9 Å². The fourth-order valence-corrected chi connectivity index (χ4v) is 1.76. The van der Waals surface area contributed by atoms with E-state index in [1.165, 1.54) is 12.8 Å². The number of hydrogen-bond donors (Lipinski definition) is 2. The summed E-state index contributed by atoms with van der Waals surface area (Å²) in [7, 11) is 0. The van der Waals surface area contributed by atoms with E-state index in [1.807, 2.05) is 13.8 Å². The molecule has 0 saturated heterocycles. The molecule has 0 rings (SSSR count). The van der Waals surface area contributed by atoms with Gasteiger partial charge in [-0.25, -0.2) is 4.79 Å². The third kappa shape index (κ3) is 8.16. The molecule has 0 spiro atoms. The summed E-state index contributed by atoms with van der Waals surface area (Å²) in [5, 5.41) is 18.3. The van der Waals surface area contributed by atoms with Gasteiger partial charge >= 0.3 is 5.97 Å². The van der Waals surface area contributed by atoms with Crippen LogP contribution >= 0.6 is 0 Å². The fourth-order valence-electron chi connectivity index (χ4n) is 1.76. The van der Waals surface area contributed by atoms with Gasteiger partial charge in [0.25, 0.3) is 0 Å². The molecule has 0 fully saturated rings. The monoisotopic (exact) mass is 246 g/mol. The van der Waals surface area contributed by atoms with Gasteiger partial charge in [-0.3, -0.25) is 0 Å². The van der Waals surface area contributed by atoms with Gasteiger partial charge in [0.1, 0.15) is 0 Å². The van der Waals surface area contributed by atoms with E-state index >= 15 is 0 Å². The van der Waals surface area contributed by atoms with Crippen LogP contribution in [0.5, 0.6) is 0 Å². The van der Waals surface area contributed by atoms with E-state index < -0.39 is 18.2 Å². The molecule has 4 heteroatoms. The third-order valence-electron chi connectivity index (χ3n) is 2.64. The number of carbonyl (C=O) groups is 1. The lowest BCUT2D eigenvalue weighted by Gasteiger charge is -2.22. The van der Waals surface area contributed by atoms with Crippen LogP contribution in [0.3, 0.4) is 0 Å². The highest BCUT2D eigenvalue weighted by Gasteiger charge is 2.26. The summed E-state index contributed by atoms with van der Waals surface area (Å²) in [6.45, 7) is 5.84. The first-order valence-electron chi connectivity index (χ1n) is 6.55. The molecule has 0 heterocycles. The van der Waals surface area contributed by atoms with Gasteiger partial charge in [0.2, 0.25) is 0 Å². The molecule has 0 aliphatic heterocycles. The second-order valence-electron chi connectivity index (χ2n) is 4.71. The third-order valence-corrected chi connectivity index (χ3v) is 2.64. The van der Waals surface area contributed by atoms with Crippen molar-refractivity contribution < 1.29 is 19.7 Å². The van der Waals surface area contributed by atoms with Crippen LogP contribution in [0.25, 0.3) is 0 Å². The van der Waals surface area contributed by atoms with E-state index in [4.69, 9.17) is 9.84 Å². The molecule has 17 heavy (non-hydrogen) atoms. The Morgan fingerprint density at radius 3 is 2.24 bits per heavy atom. The fraction of sp³-hybridized carbons (Fsp3) is 0.923. The largest absolute Gasteiger partial charge is 0.479 e. The van der Waals surface area contributed by atoms with Crippen molar-refractivity contribution in [3.8, 4) is 0 Å². The zero-order chi connectivity index (χ0) is 13.3. The van der Waals surface area contributed by atoms with Crippen molar-refractivity contribution in [1.29, 1.82) is 0 Å². The lowest BCUT2D eigenvalue weighted by molar-refractivity contribution is -0.158. The Kier molecular flexibility index (Phi) is 9.09. The summed E-state index contributed by atoms with van der Waals surface area (Å²) in [4.78, 5) is 10.7. The predicted molar refractivity (Wildman–Crippen MR) is 67.0 cm³/mol. The van der Waals surface area contributed by atoms with Crippen molar-refractivity contribution in [2.75, 3.05) is 0 Å². The minimum absolute atomic E-state index is 0.0651. The van der Waals surface area contributed by atoms with Crippen LogP contribution in [0.2, 0.25) is 0 Å². The smallest absolute Gasteiger partial charge is 0.335 e. The van der Waals surface area contributed by atoms with E-state index in [0.717, 1.165) is 19.3 Å². The molecule has 2 N–H and O–H groups in total. The number of ether oxygens (including phenoxy) is 1. The molecule has 0 aromatic heterocycles. The van der Waals surface area contributed by atoms with Crippen LogP contribution < -0.4 is 0 Å². The zero-order valence-corrected chi connectivity index (χ0v) is 11.2. The number of aliphatic hydroxyl groups is 1. The summed E-state index contributed by atoms with van der Waals surface area (Å²) < 4.78 is 5.45. The molecule has 2 atom stereocenters. The molecule has 0 aromatic carbocycles. The number of carboxylic acid groups (broad SMARTS) is 1. The summed E-state index contributed by atoms with van der Waals surface area (Å²) in [5.74, 6) is -1.20. The Hall–Kier alpha value is -0.610. The first-order chi connectivity index (χ1) is 7.99. The van der Waals surface area contributed by atoms with Gasteiger partial charge in [-0.2, -0.15) is 0 Å². The topological polar surface area (TPSA) is 66.8 Å². The number of rotatable bonds is 10. The van der Waals surface area contributed by atoms with Crippen LogP contribution in [0.4, 0.5) is 0 Å². The number of aliphatic carboxylic acids is 1. The molecule has 102 valence electrons. The molecule has 0 amide bonds. The van der Waals surface area contributed by atoms with Gasteiger partial charge in [0.05, 0.1) is 12.2 Å². The van der Waals surface area contributed by atoms with Crippen molar-refractivity contribution in [3.63, 3.8) is 0 Å². The lowest BCUT2D eigenvalue weighted by atomic mass is 10.0. The number of hydrogen-bond acceptors (Lipinski definition) is 3. The standard InChI is InChI=1S/C13H26O4/c1-4-5-6-7-8-9-11(17-10(2)3)12(14)13(15)16/h10-12,14H,4-9H2,1-3H3,(H,15,16). The molecule has 0 aromatic rings. The zero-order valence-electron chi connectivity index (χ0n) is 11.2. The molecular formula is C13H26O4. The van der Waals surface area contributed by atoms with Gasteiger partial charge in [-0.05, 0) is 20.3 Å². The molecule has 2 unspecified atom stereocenters. The Labute approximate surface area is 104 Å². The van der Waals surface area contributed by atoms with E-state index in [2.05, 4.69) is 6.92 Å². The molecule has 0 saturated carbocycles. The maximum absolute atomic E-state index is 10.7. The molecule has 0 aliphatic carbocycles. The molecule has 0 radical (unpaired) electrons. The van der Waals surface area contributed by atoms with E-state index in [1.54, 1.807) is 0 Å². The number of carboxylic acids is 1. The maximum Gasteiger partial charge on any atom is 0.335 e. The van der Waals surface area contributed by atoms with Gasteiger partial charge in [-0.1, -0.05) is 39.0 Å².